The van der Waals surface area contributed by atoms with E-state index in [1.165, 1.54) is 12.1 Å². The van der Waals surface area contributed by atoms with E-state index in [4.69, 9.17) is 9.47 Å². The second-order valence-electron chi connectivity index (χ2n) is 4.90. The van der Waals surface area contributed by atoms with Crippen LogP contribution >= 0.6 is 0 Å². The third kappa shape index (κ3) is 5.59. The van der Waals surface area contributed by atoms with Gasteiger partial charge in [-0.1, -0.05) is 39.5 Å². The Kier molecular flexibility index (Phi) is 7.70. The highest BCUT2D eigenvalue weighted by Gasteiger charge is 2.12. The number of hydrogen-bond donors (Lipinski definition) is 2. The van der Waals surface area contributed by atoms with Gasteiger partial charge in [0.1, 0.15) is 5.75 Å². The molecule has 0 aliphatic heterocycles. The summed E-state index contributed by atoms with van der Waals surface area (Å²) in [5, 5.41) is 19.7. The van der Waals surface area contributed by atoms with Gasteiger partial charge in [0.05, 0.1) is 13.2 Å². The molecule has 114 valence electrons. The molecule has 4 nitrogen and oxygen atoms in total. The number of hydrogen-bond acceptors (Lipinski definition) is 4. The fourth-order valence-electron chi connectivity index (χ4n) is 1.86. The van der Waals surface area contributed by atoms with Gasteiger partial charge in [0, 0.05) is 12.1 Å². The van der Waals surface area contributed by atoms with Crippen molar-refractivity contribution in [3.63, 3.8) is 0 Å². The quantitative estimate of drug-likeness (QED) is 0.498. The lowest BCUT2D eigenvalue weighted by Crippen LogP contribution is -2.00. The summed E-state index contributed by atoms with van der Waals surface area (Å²) in [4.78, 5) is 0. The van der Waals surface area contributed by atoms with Gasteiger partial charge in [0.25, 0.3) is 0 Å². The molecule has 0 bridgehead atoms. The monoisotopic (exact) mass is 282 g/mol. The molecule has 0 radical (unpaired) electrons. The number of ether oxygens (including phenoxy) is 2. The normalized spacial score (nSPS) is 10.5. The molecule has 1 rings (SSSR count). The molecular weight excluding hydrogens is 256 g/mol. The van der Waals surface area contributed by atoms with Gasteiger partial charge in [-0.05, 0) is 12.8 Å². The molecule has 1 aromatic rings. The molecule has 0 unspecified atom stereocenters. The maximum absolute atomic E-state index is 10.1. The van der Waals surface area contributed by atoms with Gasteiger partial charge in [-0.15, -0.1) is 0 Å². The van der Waals surface area contributed by atoms with Crippen molar-refractivity contribution < 1.29 is 19.7 Å². The minimum Gasteiger partial charge on any atom is -0.508 e. The van der Waals surface area contributed by atoms with Crippen molar-refractivity contribution in [2.75, 3.05) is 13.2 Å². The van der Waals surface area contributed by atoms with Crippen molar-refractivity contribution in [3.05, 3.63) is 12.1 Å². The van der Waals surface area contributed by atoms with Crippen molar-refractivity contribution in [1.82, 2.24) is 0 Å². The van der Waals surface area contributed by atoms with Crippen LogP contribution in [0.4, 0.5) is 0 Å². The second kappa shape index (κ2) is 9.34. The minimum atomic E-state index is -0.0317. The molecule has 1 aromatic carbocycles. The third-order valence-corrected chi connectivity index (χ3v) is 3.04. The van der Waals surface area contributed by atoms with Crippen LogP contribution in [0.15, 0.2) is 12.1 Å². The highest BCUT2D eigenvalue weighted by molar-refractivity contribution is 5.54. The molecule has 4 heteroatoms. The summed E-state index contributed by atoms with van der Waals surface area (Å²) in [5.74, 6) is 0.577. The zero-order valence-electron chi connectivity index (χ0n) is 12.5. The summed E-state index contributed by atoms with van der Waals surface area (Å²) < 4.78 is 11.0. The van der Waals surface area contributed by atoms with Crippen LogP contribution < -0.4 is 9.47 Å². The molecule has 0 aliphatic carbocycles. The van der Waals surface area contributed by atoms with E-state index in [1.54, 1.807) is 0 Å². The Morgan fingerprint density at radius 3 is 1.65 bits per heavy atom. The van der Waals surface area contributed by atoms with Gasteiger partial charge in [0.2, 0.25) is 5.75 Å². The average molecular weight is 282 g/mol. The molecule has 0 aromatic heterocycles. The summed E-state index contributed by atoms with van der Waals surface area (Å²) in [6, 6.07) is 2.83. The Bertz CT molecular complexity index is 357. The predicted molar refractivity (Wildman–Crippen MR) is 79.8 cm³/mol. The van der Waals surface area contributed by atoms with Crippen molar-refractivity contribution >= 4 is 0 Å². The Morgan fingerprint density at radius 1 is 0.800 bits per heavy atom. The van der Waals surface area contributed by atoms with Gasteiger partial charge >= 0.3 is 0 Å². The topological polar surface area (TPSA) is 58.9 Å². The highest BCUT2D eigenvalue weighted by Crippen LogP contribution is 2.40. The Morgan fingerprint density at radius 2 is 1.25 bits per heavy atom. The van der Waals surface area contributed by atoms with Crippen LogP contribution in [0.3, 0.4) is 0 Å². The minimum absolute atomic E-state index is 0.0317. The van der Waals surface area contributed by atoms with Crippen LogP contribution in [-0.4, -0.2) is 23.4 Å². The fourth-order valence-corrected chi connectivity index (χ4v) is 1.86. The van der Waals surface area contributed by atoms with Gasteiger partial charge in [-0.25, -0.2) is 0 Å². The standard InChI is InChI=1S/C16H26O4/c1-3-5-7-9-19-14-11-13(17)12-15(16(14)18)20-10-8-6-4-2/h11-12,17-18H,3-10H2,1-2H3. The van der Waals surface area contributed by atoms with Crippen molar-refractivity contribution in [3.8, 4) is 23.0 Å². The maximum Gasteiger partial charge on any atom is 0.201 e. The molecule has 0 saturated carbocycles. The smallest absolute Gasteiger partial charge is 0.201 e. The van der Waals surface area contributed by atoms with E-state index in [9.17, 15) is 10.2 Å². The van der Waals surface area contributed by atoms with E-state index in [-0.39, 0.29) is 23.0 Å². The molecule has 0 saturated heterocycles. The Hall–Kier alpha value is -1.58. The van der Waals surface area contributed by atoms with Crippen LogP contribution in [-0.2, 0) is 0 Å². The maximum atomic E-state index is 10.1. The van der Waals surface area contributed by atoms with Gasteiger partial charge in [-0.3, -0.25) is 0 Å². The van der Waals surface area contributed by atoms with Gasteiger partial charge < -0.3 is 19.7 Å². The zero-order chi connectivity index (χ0) is 14.8. The van der Waals surface area contributed by atoms with Crippen LogP contribution in [0.2, 0.25) is 0 Å². The molecular formula is C16H26O4. The lowest BCUT2D eigenvalue weighted by atomic mass is 10.2. The van der Waals surface area contributed by atoms with E-state index in [2.05, 4.69) is 13.8 Å². The Balaban J connectivity index is 2.59. The van der Waals surface area contributed by atoms with E-state index in [0.29, 0.717) is 13.2 Å². The van der Waals surface area contributed by atoms with E-state index >= 15 is 0 Å². The summed E-state index contributed by atoms with van der Waals surface area (Å²) in [5.41, 5.74) is 0. The number of unbranched alkanes of at least 4 members (excludes halogenated alkanes) is 4. The molecule has 0 fully saturated rings. The van der Waals surface area contributed by atoms with E-state index < -0.39 is 0 Å². The predicted octanol–water partition coefficient (Wildman–Crippen LogP) is 4.24. The molecule has 0 atom stereocenters. The molecule has 0 heterocycles. The number of rotatable bonds is 10. The molecule has 0 amide bonds. The van der Waals surface area contributed by atoms with Crippen LogP contribution in [0.5, 0.6) is 23.0 Å². The zero-order valence-corrected chi connectivity index (χ0v) is 12.5. The first kappa shape index (κ1) is 16.5. The van der Waals surface area contributed by atoms with Crippen LogP contribution in [0, 0.1) is 0 Å². The van der Waals surface area contributed by atoms with E-state index in [1.807, 2.05) is 0 Å². The summed E-state index contributed by atoms with van der Waals surface area (Å²) >= 11 is 0. The fraction of sp³-hybridized carbons (Fsp3) is 0.625. The average Bonchev–Trinajstić information content (AvgIpc) is 2.44. The number of phenolic OH excluding ortho intramolecular Hbond substituents is 2. The number of benzene rings is 1. The summed E-state index contributed by atoms with van der Waals surface area (Å²) in [6.07, 6.45) is 6.25. The van der Waals surface area contributed by atoms with Crippen molar-refractivity contribution in [2.45, 2.75) is 52.4 Å². The first-order chi connectivity index (χ1) is 9.69. The summed E-state index contributed by atoms with van der Waals surface area (Å²) in [6.45, 7) is 5.29. The highest BCUT2D eigenvalue weighted by atomic mass is 16.5. The lowest BCUT2D eigenvalue weighted by molar-refractivity contribution is 0.263. The largest absolute Gasteiger partial charge is 0.508 e. The number of aromatic hydroxyl groups is 2. The summed E-state index contributed by atoms with van der Waals surface area (Å²) in [7, 11) is 0. The van der Waals surface area contributed by atoms with Crippen LogP contribution in [0.25, 0.3) is 0 Å². The van der Waals surface area contributed by atoms with Crippen LogP contribution in [0.1, 0.15) is 52.4 Å². The first-order valence-corrected chi connectivity index (χ1v) is 7.50. The second-order valence-corrected chi connectivity index (χ2v) is 4.90. The third-order valence-electron chi connectivity index (χ3n) is 3.04. The molecule has 2 N–H and O–H groups in total. The molecule has 0 spiro atoms. The first-order valence-electron chi connectivity index (χ1n) is 7.50. The van der Waals surface area contributed by atoms with Crippen molar-refractivity contribution in [2.24, 2.45) is 0 Å². The molecule has 0 aliphatic rings. The Labute approximate surface area is 121 Å². The van der Waals surface area contributed by atoms with Crippen molar-refractivity contribution in [1.29, 1.82) is 0 Å². The van der Waals surface area contributed by atoms with E-state index in [0.717, 1.165) is 38.5 Å². The van der Waals surface area contributed by atoms with Gasteiger partial charge in [0.15, 0.2) is 11.5 Å². The molecule has 20 heavy (non-hydrogen) atoms. The van der Waals surface area contributed by atoms with Gasteiger partial charge in [-0.2, -0.15) is 0 Å². The lowest BCUT2D eigenvalue weighted by Gasteiger charge is -2.13. The SMILES string of the molecule is CCCCCOc1cc(O)cc(OCCCCC)c1O. The number of phenols is 2.